The summed E-state index contributed by atoms with van der Waals surface area (Å²) < 4.78 is 44.3. The Balaban J connectivity index is 1.41. The zero-order chi connectivity index (χ0) is 26.2. The minimum Gasteiger partial charge on any atom is -0.485 e. The Bertz CT molecular complexity index is 1130. The Morgan fingerprint density at radius 3 is 2.33 bits per heavy atom. The average molecular weight is 504 g/mol. The van der Waals surface area contributed by atoms with E-state index in [2.05, 4.69) is 24.1 Å². The van der Waals surface area contributed by atoms with E-state index in [1.54, 1.807) is 11.9 Å². The van der Waals surface area contributed by atoms with Crippen LogP contribution in [0.15, 0.2) is 36.4 Å². The van der Waals surface area contributed by atoms with Crippen LogP contribution in [0.3, 0.4) is 0 Å². The first kappa shape index (κ1) is 26.2. The number of rotatable bonds is 8. The van der Waals surface area contributed by atoms with Gasteiger partial charge in [0.2, 0.25) is 0 Å². The van der Waals surface area contributed by atoms with Crippen molar-refractivity contribution >= 4 is 11.7 Å². The molecular weight excluding hydrogens is 471 g/mol. The van der Waals surface area contributed by atoms with E-state index in [1.165, 1.54) is 17.7 Å². The third kappa shape index (κ3) is 5.13. The van der Waals surface area contributed by atoms with Gasteiger partial charge in [0, 0.05) is 36.8 Å². The predicted octanol–water partition coefficient (Wildman–Crippen LogP) is 4.15. The van der Waals surface area contributed by atoms with E-state index in [1.807, 2.05) is 19.1 Å². The maximum atomic E-state index is 13.0. The van der Waals surface area contributed by atoms with Crippen molar-refractivity contribution in [2.45, 2.75) is 51.5 Å². The van der Waals surface area contributed by atoms with Gasteiger partial charge in [-0.05, 0) is 81.3 Å². The van der Waals surface area contributed by atoms with Gasteiger partial charge in [0.15, 0.2) is 5.78 Å². The molecule has 2 fully saturated rings. The largest absolute Gasteiger partial charge is 0.485 e. The van der Waals surface area contributed by atoms with Crippen molar-refractivity contribution in [1.29, 1.82) is 0 Å². The number of fused-ring (bicyclic) bond motifs is 2. The number of likely N-dealkylation sites (tertiary alicyclic amines) is 2. The fourth-order valence-corrected chi connectivity index (χ4v) is 5.40. The number of ketones is 1. The number of hydrogen-bond acceptors (Lipinski definition) is 5. The number of carbonyl (C=O) groups is 2. The van der Waals surface area contributed by atoms with Gasteiger partial charge in [-0.25, -0.2) is 0 Å². The Morgan fingerprint density at radius 2 is 1.75 bits per heavy atom. The number of amides is 1. The van der Waals surface area contributed by atoms with E-state index in [0.717, 1.165) is 29.7 Å². The third-order valence-corrected chi connectivity index (χ3v) is 7.49. The van der Waals surface area contributed by atoms with Gasteiger partial charge in [-0.15, -0.1) is 0 Å². The number of alkyl halides is 3. The number of likely N-dealkylation sites (N-methyl/N-ethyl adjacent to an activating group) is 1. The van der Waals surface area contributed by atoms with Gasteiger partial charge in [0.25, 0.3) is 5.91 Å². The normalized spacial score (nSPS) is 20.6. The lowest BCUT2D eigenvalue weighted by Gasteiger charge is -2.38. The number of carbonyl (C=O) groups excluding carboxylic acids is 2. The number of piperazine rings is 1. The van der Waals surface area contributed by atoms with Crippen molar-refractivity contribution in [3.8, 4) is 5.75 Å². The van der Waals surface area contributed by atoms with Gasteiger partial charge < -0.3 is 15.0 Å². The summed E-state index contributed by atoms with van der Waals surface area (Å²) in [6.45, 7) is 7.76. The van der Waals surface area contributed by atoms with Crippen LogP contribution in [-0.2, 0) is 11.0 Å². The monoisotopic (exact) mass is 503 g/mol. The number of halogens is 3. The smallest absolute Gasteiger partial charge is 0.416 e. The molecule has 194 valence electrons. The second-order valence-electron chi connectivity index (χ2n) is 9.71. The molecule has 4 rings (SSSR count). The van der Waals surface area contributed by atoms with Gasteiger partial charge in [0.05, 0.1) is 12.1 Å². The molecule has 2 aliphatic rings. The van der Waals surface area contributed by atoms with Crippen molar-refractivity contribution in [3.05, 3.63) is 64.2 Å². The summed E-state index contributed by atoms with van der Waals surface area (Å²) in [5, 5.41) is 2.82. The first-order valence-corrected chi connectivity index (χ1v) is 12.1. The van der Waals surface area contributed by atoms with Crippen LogP contribution in [0.2, 0.25) is 0 Å². The summed E-state index contributed by atoms with van der Waals surface area (Å²) in [7, 11) is 1.72. The molecule has 0 spiro atoms. The molecule has 0 radical (unpaired) electrons. The number of nitrogens with one attached hydrogen (secondary N) is 1. The second kappa shape index (κ2) is 10.2. The molecule has 2 bridgehead atoms. The minimum atomic E-state index is -4.42. The highest BCUT2D eigenvalue weighted by Crippen LogP contribution is 2.39. The topological polar surface area (TPSA) is 61.9 Å². The van der Waals surface area contributed by atoms with E-state index >= 15 is 0 Å². The molecule has 3 atom stereocenters. The quantitative estimate of drug-likeness (QED) is 0.587. The van der Waals surface area contributed by atoms with Crippen LogP contribution in [0.25, 0.3) is 0 Å². The molecule has 0 saturated carbocycles. The van der Waals surface area contributed by atoms with Gasteiger partial charge in [-0.3, -0.25) is 14.5 Å². The van der Waals surface area contributed by atoms with Crippen LogP contribution < -0.4 is 10.1 Å². The molecule has 2 saturated heterocycles. The predicted molar refractivity (Wildman–Crippen MR) is 130 cm³/mol. The third-order valence-electron chi connectivity index (χ3n) is 7.49. The summed E-state index contributed by atoms with van der Waals surface area (Å²) >= 11 is 0. The molecule has 0 aromatic heterocycles. The van der Waals surface area contributed by atoms with Crippen molar-refractivity contribution < 1.29 is 27.5 Å². The lowest BCUT2D eigenvalue weighted by atomic mass is 9.96. The molecular formula is C27H32F3N3O3. The molecule has 1 N–H and O–H groups in total. The summed E-state index contributed by atoms with van der Waals surface area (Å²) in [5.74, 6) is 0.463. The number of Topliss-reactive ketones (excluding diaryl/α,β-unsaturated/α-hetero) is 1. The van der Waals surface area contributed by atoms with Gasteiger partial charge in [-0.1, -0.05) is 6.07 Å². The molecule has 2 heterocycles. The van der Waals surface area contributed by atoms with Crippen LogP contribution in [0.5, 0.6) is 5.75 Å². The lowest BCUT2D eigenvalue weighted by molar-refractivity contribution is -0.137. The Hall–Kier alpha value is -2.91. The lowest BCUT2D eigenvalue weighted by Crippen LogP contribution is -2.49. The first-order valence-electron chi connectivity index (χ1n) is 12.1. The molecule has 1 amide bonds. The van der Waals surface area contributed by atoms with E-state index in [9.17, 15) is 22.8 Å². The van der Waals surface area contributed by atoms with Crippen LogP contribution in [0.1, 0.15) is 52.0 Å². The average Bonchev–Trinajstić information content (AvgIpc) is 3.45. The maximum absolute atomic E-state index is 13.0. The summed E-state index contributed by atoms with van der Waals surface area (Å²) in [6, 6.07) is 8.77. The highest BCUT2D eigenvalue weighted by molar-refractivity contribution is 5.94. The summed E-state index contributed by atoms with van der Waals surface area (Å²) in [6.07, 6.45) is -3.57. The van der Waals surface area contributed by atoms with Crippen LogP contribution in [0.4, 0.5) is 13.2 Å². The molecule has 6 nitrogen and oxygen atoms in total. The number of benzene rings is 2. The molecule has 36 heavy (non-hydrogen) atoms. The summed E-state index contributed by atoms with van der Waals surface area (Å²) in [5.41, 5.74) is 2.82. The van der Waals surface area contributed by atoms with Gasteiger partial charge in [0.1, 0.15) is 12.4 Å². The molecule has 2 aromatic carbocycles. The highest BCUT2D eigenvalue weighted by atomic mass is 19.4. The minimum absolute atomic E-state index is 0.0181. The fourth-order valence-electron chi connectivity index (χ4n) is 5.40. The number of nitrogens with zero attached hydrogens (tertiary/aromatic N) is 2. The zero-order valence-corrected chi connectivity index (χ0v) is 21.0. The summed E-state index contributed by atoms with van der Waals surface area (Å²) in [4.78, 5) is 29.0. The molecule has 2 aliphatic heterocycles. The Morgan fingerprint density at radius 1 is 1.06 bits per heavy atom. The fraction of sp³-hybridized carbons (Fsp3) is 0.481. The van der Waals surface area contributed by atoms with Crippen molar-refractivity contribution in [2.75, 3.05) is 33.3 Å². The van der Waals surface area contributed by atoms with Crippen LogP contribution >= 0.6 is 0 Å². The Labute approximate surface area is 209 Å². The van der Waals surface area contributed by atoms with Crippen molar-refractivity contribution in [1.82, 2.24) is 15.1 Å². The second-order valence-corrected chi connectivity index (χ2v) is 9.71. The zero-order valence-electron chi connectivity index (χ0n) is 21.0. The van der Waals surface area contributed by atoms with Gasteiger partial charge >= 0.3 is 6.18 Å². The molecule has 0 unspecified atom stereocenters. The van der Waals surface area contributed by atoms with Crippen molar-refractivity contribution in [3.63, 3.8) is 0 Å². The highest BCUT2D eigenvalue weighted by Gasteiger charge is 2.47. The maximum Gasteiger partial charge on any atom is 0.416 e. The van der Waals surface area contributed by atoms with E-state index < -0.39 is 11.7 Å². The molecule has 2 aromatic rings. The van der Waals surface area contributed by atoms with Crippen LogP contribution in [-0.4, -0.2) is 66.9 Å². The molecule has 0 aliphatic carbocycles. The number of hydrogen-bond donors (Lipinski definition) is 1. The molecule has 9 heteroatoms. The SMILES string of the molecule is CNCC(=O)COc1ccc([C@H](C)N2C[C@H]3C[C@@H]2CN3C(=O)c2ccc(C(F)(F)F)cc2)c(C)c1C. The first-order chi connectivity index (χ1) is 17.0. The van der Waals surface area contributed by atoms with Crippen LogP contribution in [0, 0.1) is 13.8 Å². The van der Waals surface area contributed by atoms with E-state index in [0.29, 0.717) is 18.8 Å². The van der Waals surface area contributed by atoms with Crippen molar-refractivity contribution in [2.24, 2.45) is 0 Å². The standard InChI is InChI=1S/C27H32F3N3O3/c1-16-17(2)25(36-15-23(34)12-31-4)10-9-24(16)18(3)32-13-22-11-21(32)14-33(22)26(35)19-5-7-20(8-6-19)27(28,29)30/h5-10,18,21-22,31H,11-15H2,1-4H3/t18-,21+,22+/m0/s1. The van der Waals surface area contributed by atoms with E-state index in [-0.39, 0.29) is 48.5 Å². The van der Waals surface area contributed by atoms with Gasteiger partial charge in [-0.2, -0.15) is 13.2 Å². The number of ether oxygens (including phenoxy) is 1. The van der Waals surface area contributed by atoms with E-state index in [4.69, 9.17) is 4.74 Å². The Kier molecular flexibility index (Phi) is 7.43.